The van der Waals surface area contributed by atoms with Crippen molar-refractivity contribution in [2.24, 2.45) is 5.73 Å². The van der Waals surface area contributed by atoms with Gasteiger partial charge in [-0.15, -0.1) is 0 Å². The normalized spacial score (nSPS) is 19.2. The first-order valence-corrected chi connectivity index (χ1v) is 6.42. The Balaban J connectivity index is 1.91. The third kappa shape index (κ3) is 2.14. The lowest BCUT2D eigenvalue weighted by atomic mass is 10.1. The SMILES string of the molecule is NC(=O)C1COCCN1C(=O)c1ccc2cc[nH]c2c1. The molecule has 1 aromatic carbocycles. The third-order valence-electron chi connectivity index (χ3n) is 3.52. The van der Waals surface area contributed by atoms with Gasteiger partial charge in [-0.3, -0.25) is 9.59 Å². The number of nitrogens with one attached hydrogen (secondary N) is 1. The first-order valence-electron chi connectivity index (χ1n) is 6.42. The number of hydrogen-bond acceptors (Lipinski definition) is 3. The van der Waals surface area contributed by atoms with E-state index >= 15 is 0 Å². The number of nitrogens with two attached hydrogens (primary N) is 1. The van der Waals surface area contributed by atoms with Crippen LogP contribution in [0, 0.1) is 0 Å². The van der Waals surface area contributed by atoms with E-state index in [0.717, 1.165) is 10.9 Å². The van der Waals surface area contributed by atoms with E-state index in [9.17, 15) is 9.59 Å². The van der Waals surface area contributed by atoms with Crippen LogP contribution in [0.1, 0.15) is 10.4 Å². The lowest BCUT2D eigenvalue weighted by Crippen LogP contribution is -2.54. The highest BCUT2D eigenvalue weighted by Crippen LogP contribution is 2.17. The number of aromatic amines is 1. The second-order valence-electron chi connectivity index (χ2n) is 4.77. The quantitative estimate of drug-likeness (QED) is 0.834. The van der Waals surface area contributed by atoms with Gasteiger partial charge < -0.3 is 20.4 Å². The average Bonchev–Trinajstić information content (AvgIpc) is 2.93. The number of benzene rings is 1. The highest BCUT2D eigenvalue weighted by molar-refractivity contribution is 6.00. The zero-order chi connectivity index (χ0) is 14.1. The zero-order valence-electron chi connectivity index (χ0n) is 10.8. The smallest absolute Gasteiger partial charge is 0.254 e. The number of carbonyl (C=O) groups excluding carboxylic acids is 2. The van der Waals surface area contributed by atoms with E-state index in [1.165, 1.54) is 4.90 Å². The van der Waals surface area contributed by atoms with E-state index in [2.05, 4.69) is 4.98 Å². The van der Waals surface area contributed by atoms with Gasteiger partial charge in [-0.1, -0.05) is 6.07 Å². The third-order valence-corrected chi connectivity index (χ3v) is 3.52. The topological polar surface area (TPSA) is 88.4 Å². The van der Waals surface area contributed by atoms with E-state index in [4.69, 9.17) is 10.5 Å². The molecule has 2 aromatic rings. The molecule has 2 heterocycles. The molecule has 3 rings (SSSR count). The Morgan fingerprint density at radius 1 is 1.35 bits per heavy atom. The van der Waals surface area contributed by atoms with Crippen molar-refractivity contribution in [2.45, 2.75) is 6.04 Å². The molecular weight excluding hydrogens is 258 g/mol. The molecule has 1 atom stereocenters. The molecule has 1 aliphatic rings. The first kappa shape index (κ1) is 12.7. The van der Waals surface area contributed by atoms with Crippen LogP contribution in [0.2, 0.25) is 0 Å². The van der Waals surface area contributed by atoms with Crippen molar-refractivity contribution in [2.75, 3.05) is 19.8 Å². The second-order valence-corrected chi connectivity index (χ2v) is 4.77. The Hall–Kier alpha value is -2.34. The fraction of sp³-hybridized carbons (Fsp3) is 0.286. The van der Waals surface area contributed by atoms with E-state index in [0.29, 0.717) is 18.7 Å². The second kappa shape index (κ2) is 4.97. The van der Waals surface area contributed by atoms with Crippen LogP contribution in [0.25, 0.3) is 10.9 Å². The minimum absolute atomic E-state index is 0.159. The molecule has 3 N–H and O–H groups in total. The van der Waals surface area contributed by atoms with Crippen LogP contribution >= 0.6 is 0 Å². The maximum Gasteiger partial charge on any atom is 0.254 e. The highest BCUT2D eigenvalue weighted by Gasteiger charge is 2.31. The van der Waals surface area contributed by atoms with E-state index in [-0.39, 0.29) is 12.5 Å². The molecule has 0 saturated carbocycles. The number of aromatic nitrogens is 1. The van der Waals surface area contributed by atoms with Gasteiger partial charge in [-0.05, 0) is 23.6 Å². The number of fused-ring (bicyclic) bond motifs is 1. The Kier molecular flexibility index (Phi) is 3.15. The minimum Gasteiger partial charge on any atom is -0.377 e. The van der Waals surface area contributed by atoms with Crippen LogP contribution in [0.15, 0.2) is 30.5 Å². The van der Waals surface area contributed by atoms with Crippen LogP contribution in [0.4, 0.5) is 0 Å². The van der Waals surface area contributed by atoms with E-state index < -0.39 is 11.9 Å². The van der Waals surface area contributed by atoms with Crippen molar-refractivity contribution >= 4 is 22.7 Å². The summed E-state index contributed by atoms with van der Waals surface area (Å²) < 4.78 is 5.22. The number of ether oxygens (including phenoxy) is 1. The largest absolute Gasteiger partial charge is 0.377 e. The number of morpholine rings is 1. The number of H-pyrrole nitrogens is 1. The summed E-state index contributed by atoms with van der Waals surface area (Å²) in [5, 5.41) is 1.04. The van der Waals surface area contributed by atoms with Crippen LogP contribution < -0.4 is 5.73 Å². The lowest BCUT2D eigenvalue weighted by Gasteiger charge is -2.33. The van der Waals surface area contributed by atoms with Crippen LogP contribution in [-0.2, 0) is 9.53 Å². The van der Waals surface area contributed by atoms with Gasteiger partial charge in [0, 0.05) is 23.8 Å². The predicted octanol–water partition coefficient (Wildman–Crippen LogP) is 0.494. The van der Waals surface area contributed by atoms with Crippen molar-refractivity contribution in [3.63, 3.8) is 0 Å². The number of amides is 2. The van der Waals surface area contributed by atoms with Crippen LogP contribution in [0.5, 0.6) is 0 Å². The Morgan fingerprint density at radius 2 is 2.20 bits per heavy atom. The van der Waals surface area contributed by atoms with Crippen molar-refractivity contribution in [3.8, 4) is 0 Å². The van der Waals surface area contributed by atoms with Gasteiger partial charge in [0.2, 0.25) is 5.91 Å². The number of nitrogens with zero attached hydrogens (tertiary/aromatic N) is 1. The fourth-order valence-corrected chi connectivity index (χ4v) is 2.43. The summed E-state index contributed by atoms with van der Waals surface area (Å²) in [6.45, 7) is 0.946. The van der Waals surface area contributed by atoms with Crippen molar-refractivity contribution in [1.29, 1.82) is 0 Å². The van der Waals surface area contributed by atoms with Gasteiger partial charge in [0.1, 0.15) is 6.04 Å². The molecular formula is C14H15N3O3. The first-order chi connectivity index (χ1) is 9.66. The fourth-order valence-electron chi connectivity index (χ4n) is 2.43. The molecule has 20 heavy (non-hydrogen) atoms. The van der Waals surface area contributed by atoms with Crippen LogP contribution in [-0.4, -0.2) is 47.5 Å². The minimum atomic E-state index is -0.699. The van der Waals surface area contributed by atoms with Gasteiger partial charge in [-0.2, -0.15) is 0 Å². The molecule has 0 radical (unpaired) electrons. The molecule has 1 aromatic heterocycles. The molecule has 2 amide bonds. The predicted molar refractivity (Wildman–Crippen MR) is 73.1 cm³/mol. The summed E-state index contributed by atoms with van der Waals surface area (Å²) in [7, 11) is 0. The average molecular weight is 273 g/mol. The number of hydrogen-bond donors (Lipinski definition) is 2. The van der Waals surface area contributed by atoms with Gasteiger partial charge in [0.15, 0.2) is 0 Å². The molecule has 1 aliphatic heterocycles. The molecule has 1 unspecified atom stereocenters. The molecule has 1 saturated heterocycles. The van der Waals surface area contributed by atoms with Gasteiger partial charge in [-0.25, -0.2) is 0 Å². The maximum absolute atomic E-state index is 12.5. The summed E-state index contributed by atoms with van der Waals surface area (Å²) in [5.74, 6) is -0.743. The summed E-state index contributed by atoms with van der Waals surface area (Å²) in [4.78, 5) is 28.5. The molecule has 104 valence electrons. The van der Waals surface area contributed by atoms with Gasteiger partial charge in [0.25, 0.3) is 5.91 Å². The standard InChI is InChI=1S/C14H15N3O3/c15-13(18)12-8-20-6-5-17(12)14(19)10-2-1-9-3-4-16-11(9)7-10/h1-4,7,12,16H,5-6,8H2,(H2,15,18). The highest BCUT2D eigenvalue weighted by atomic mass is 16.5. The Bertz CT molecular complexity index is 664. The zero-order valence-corrected chi connectivity index (χ0v) is 10.8. The summed E-state index contributed by atoms with van der Waals surface area (Å²) >= 11 is 0. The lowest BCUT2D eigenvalue weighted by molar-refractivity contribution is -0.127. The molecule has 1 fully saturated rings. The Morgan fingerprint density at radius 3 is 3.00 bits per heavy atom. The maximum atomic E-state index is 12.5. The molecule has 6 heteroatoms. The molecule has 0 bridgehead atoms. The summed E-state index contributed by atoms with van der Waals surface area (Å²) in [6.07, 6.45) is 1.82. The van der Waals surface area contributed by atoms with Gasteiger partial charge >= 0.3 is 0 Å². The number of rotatable bonds is 2. The monoisotopic (exact) mass is 273 g/mol. The van der Waals surface area contributed by atoms with E-state index in [1.54, 1.807) is 12.1 Å². The molecule has 6 nitrogen and oxygen atoms in total. The molecule has 0 spiro atoms. The van der Waals surface area contributed by atoms with Crippen molar-refractivity contribution in [3.05, 3.63) is 36.0 Å². The van der Waals surface area contributed by atoms with Crippen molar-refractivity contribution < 1.29 is 14.3 Å². The number of primary amides is 1. The summed E-state index contributed by atoms with van der Waals surface area (Å²) in [6, 6.07) is 6.65. The Labute approximate surface area is 115 Å². The number of carbonyl (C=O) groups is 2. The van der Waals surface area contributed by atoms with Crippen LogP contribution in [0.3, 0.4) is 0 Å². The van der Waals surface area contributed by atoms with Gasteiger partial charge in [0.05, 0.1) is 13.2 Å². The van der Waals surface area contributed by atoms with Crippen molar-refractivity contribution in [1.82, 2.24) is 9.88 Å². The summed E-state index contributed by atoms with van der Waals surface area (Å²) in [5.41, 5.74) is 6.75. The van der Waals surface area contributed by atoms with E-state index in [1.807, 2.05) is 18.3 Å². The molecule has 0 aliphatic carbocycles.